The molecule has 0 N–H and O–H groups in total. The normalized spacial score (nSPS) is 34.2. The van der Waals surface area contributed by atoms with Gasteiger partial charge in [0.2, 0.25) is 0 Å². The molecule has 82 valence electrons. The Morgan fingerprint density at radius 2 is 1.86 bits per heavy atom. The van der Waals surface area contributed by atoms with Crippen molar-refractivity contribution in [1.82, 2.24) is 0 Å². The first kappa shape index (κ1) is 11.6. The topological polar surface area (TPSA) is 0 Å². The monoisotopic (exact) mass is 206 g/mol. The van der Waals surface area contributed by atoms with Gasteiger partial charge in [0.25, 0.3) is 0 Å². The van der Waals surface area contributed by atoms with Crippen LogP contribution in [0.2, 0.25) is 0 Å². The molecule has 0 saturated heterocycles. The standard InChI is InChI=1S/C11H17F3/c1-8-4-3-5-10(11(12,13)14)7-6-9(8)2/h7-9H,3-6H2,1-2H3/b10-7+. The maximum Gasteiger partial charge on any atom is 0.412 e. The van der Waals surface area contributed by atoms with Crippen molar-refractivity contribution in [3.8, 4) is 0 Å². The summed E-state index contributed by atoms with van der Waals surface area (Å²) in [5.41, 5.74) is -0.323. The molecular formula is C11H17F3. The van der Waals surface area contributed by atoms with E-state index < -0.39 is 6.18 Å². The molecule has 0 aromatic heterocycles. The number of rotatable bonds is 0. The predicted molar refractivity (Wildman–Crippen MR) is 50.9 cm³/mol. The highest BCUT2D eigenvalue weighted by atomic mass is 19.4. The summed E-state index contributed by atoms with van der Waals surface area (Å²) in [6.45, 7) is 4.15. The van der Waals surface area contributed by atoms with Crippen LogP contribution in [0.25, 0.3) is 0 Å². The van der Waals surface area contributed by atoms with Crippen LogP contribution in [0, 0.1) is 11.8 Å². The fourth-order valence-corrected chi connectivity index (χ4v) is 1.82. The van der Waals surface area contributed by atoms with Crippen LogP contribution in [0.5, 0.6) is 0 Å². The lowest BCUT2D eigenvalue weighted by Crippen LogP contribution is -2.16. The van der Waals surface area contributed by atoms with E-state index >= 15 is 0 Å². The molecule has 0 heterocycles. The summed E-state index contributed by atoms with van der Waals surface area (Å²) in [5.74, 6) is 0.911. The highest BCUT2D eigenvalue weighted by Crippen LogP contribution is 2.34. The zero-order valence-corrected chi connectivity index (χ0v) is 8.69. The number of alkyl halides is 3. The second-order valence-corrected chi connectivity index (χ2v) is 4.31. The van der Waals surface area contributed by atoms with Gasteiger partial charge < -0.3 is 0 Å². The Kier molecular flexibility index (Phi) is 3.62. The molecule has 1 aliphatic rings. The quantitative estimate of drug-likeness (QED) is 0.518. The SMILES string of the molecule is CC1C/C=C(/C(F)(F)F)CCCC1C. The maximum absolute atomic E-state index is 12.4. The average Bonchev–Trinajstić information content (AvgIpc) is 2.04. The van der Waals surface area contributed by atoms with Gasteiger partial charge in [0.15, 0.2) is 0 Å². The Balaban J connectivity index is 2.70. The van der Waals surface area contributed by atoms with E-state index in [0.717, 1.165) is 6.42 Å². The first-order chi connectivity index (χ1) is 6.41. The van der Waals surface area contributed by atoms with E-state index in [-0.39, 0.29) is 12.0 Å². The van der Waals surface area contributed by atoms with Crippen LogP contribution in [-0.4, -0.2) is 6.18 Å². The average molecular weight is 206 g/mol. The van der Waals surface area contributed by atoms with Crippen molar-refractivity contribution in [1.29, 1.82) is 0 Å². The fraction of sp³-hybridized carbons (Fsp3) is 0.818. The molecule has 3 heteroatoms. The van der Waals surface area contributed by atoms with Crippen molar-refractivity contribution in [3.05, 3.63) is 11.6 Å². The van der Waals surface area contributed by atoms with Gasteiger partial charge in [-0.2, -0.15) is 13.2 Å². The minimum atomic E-state index is -4.11. The number of hydrogen-bond acceptors (Lipinski definition) is 0. The maximum atomic E-state index is 12.4. The van der Waals surface area contributed by atoms with Crippen molar-refractivity contribution in [2.75, 3.05) is 0 Å². The highest BCUT2D eigenvalue weighted by molar-refractivity contribution is 5.10. The highest BCUT2D eigenvalue weighted by Gasteiger charge is 2.33. The third-order valence-corrected chi connectivity index (χ3v) is 3.18. The molecule has 2 atom stereocenters. The Hall–Kier alpha value is -0.470. The van der Waals surface area contributed by atoms with E-state index in [2.05, 4.69) is 6.92 Å². The molecule has 0 aromatic carbocycles. The van der Waals surface area contributed by atoms with Crippen LogP contribution in [0.3, 0.4) is 0 Å². The molecule has 0 nitrogen and oxygen atoms in total. The Labute approximate surface area is 83.2 Å². The van der Waals surface area contributed by atoms with E-state index in [1.54, 1.807) is 0 Å². The van der Waals surface area contributed by atoms with Crippen molar-refractivity contribution in [2.45, 2.75) is 45.7 Å². The zero-order chi connectivity index (χ0) is 10.8. The summed E-state index contributed by atoms with van der Waals surface area (Å²) in [7, 11) is 0. The van der Waals surface area contributed by atoms with Gasteiger partial charge in [-0.15, -0.1) is 0 Å². The number of hydrogen-bond donors (Lipinski definition) is 0. The molecule has 0 fully saturated rings. The van der Waals surface area contributed by atoms with Gasteiger partial charge in [-0.1, -0.05) is 26.3 Å². The van der Waals surface area contributed by atoms with Crippen LogP contribution in [0.4, 0.5) is 13.2 Å². The minimum Gasteiger partial charge on any atom is -0.166 e. The molecule has 0 saturated carbocycles. The van der Waals surface area contributed by atoms with Crippen LogP contribution in [0.1, 0.15) is 39.5 Å². The fourth-order valence-electron chi connectivity index (χ4n) is 1.82. The van der Waals surface area contributed by atoms with Gasteiger partial charge in [0, 0.05) is 5.57 Å². The van der Waals surface area contributed by atoms with Crippen molar-refractivity contribution < 1.29 is 13.2 Å². The molecule has 14 heavy (non-hydrogen) atoms. The summed E-state index contributed by atoms with van der Waals surface area (Å²) in [4.78, 5) is 0. The Morgan fingerprint density at radius 1 is 1.21 bits per heavy atom. The molecule has 0 spiro atoms. The second-order valence-electron chi connectivity index (χ2n) is 4.31. The van der Waals surface area contributed by atoms with Crippen molar-refractivity contribution in [2.24, 2.45) is 11.8 Å². The molecule has 0 bridgehead atoms. The molecule has 2 unspecified atom stereocenters. The first-order valence-corrected chi connectivity index (χ1v) is 5.17. The van der Waals surface area contributed by atoms with E-state index in [1.807, 2.05) is 6.92 Å². The summed E-state index contributed by atoms with van der Waals surface area (Å²) >= 11 is 0. The second kappa shape index (κ2) is 4.37. The lowest BCUT2D eigenvalue weighted by Gasteiger charge is -2.23. The van der Waals surface area contributed by atoms with Gasteiger partial charge in [-0.3, -0.25) is 0 Å². The Bertz CT molecular complexity index is 215. The van der Waals surface area contributed by atoms with Crippen LogP contribution in [0.15, 0.2) is 11.6 Å². The van der Waals surface area contributed by atoms with Gasteiger partial charge >= 0.3 is 6.18 Å². The summed E-state index contributed by atoms with van der Waals surface area (Å²) in [6.07, 6.45) is -0.386. The minimum absolute atomic E-state index is 0.195. The van der Waals surface area contributed by atoms with E-state index in [0.29, 0.717) is 24.7 Å². The lowest BCUT2D eigenvalue weighted by molar-refractivity contribution is -0.0948. The molecule has 0 aromatic rings. The Morgan fingerprint density at radius 3 is 2.43 bits per heavy atom. The van der Waals surface area contributed by atoms with Gasteiger partial charge in [0.05, 0.1) is 0 Å². The van der Waals surface area contributed by atoms with Gasteiger partial charge in [-0.05, 0) is 31.1 Å². The third-order valence-electron chi connectivity index (χ3n) is 3.18. The van der Waals surface area contributed by atoms with Crippen LogP contribution < -0.4 is 0 Å². The van der Waals surface area contributed by atoms with Gasteiger partial charge in [0.1, 0.15) is 0 Å². The summed E-state index contributed by atoms with van der Waals surface area (Å²) < 4.78 is 37.2. The largest absolute Gasteiger partial charge is 0.412 e. The summed E-state index contributed by atoms with van der Waals surface area (Å²) in [6, 6.07) is 0. The zero-order valence-electron chi connectivity index (χ0n) is 8.69. The van der Waals surface area contributed by atoms with E-state index in [9.17, 15) is 13.2 Å². The molecule has 1 rings (SSSR count). The third kappa shape index (κ3) is 3.03. The van der Waals surface area contributed by atoms with Crippen LogP contribution in [-0.2, 0) is 0 Å². The van der Waals surface area contributed by atoms with Gasteiger partial charge in [-0.25, -0.2) is 0 Å². The first-order valence-electron chi connectivity index (χ1n) is 5.17. The molecule has 1 aliphatic carbocycles. The molecule has 0 amide bonds. The summed E-state index contributed by atoms with van der Waals surface area (Å²) in [5, 5.41) is 0. The predicted octanol–water partition coefficient (Wildman–Crippen LogP) is 4.32. The molecular weight excluding hydrogens is 189 g/mol. The smallest absolute Gasteiger partial charge is 0.166 e. The molecule has 0 radical (unpaired) electrons. The van der Waals surface area contributed by atoms with E-state index in [1.165, 1.54) is 6.08 Å². The van der Waals surface area contributed by atoms with Crippen molar-refractivity contribution in [3.63, 3.8) is 0 Å². The molecule has 0 aliphatic heterocycles. The number of halogens is 3. The lowest BCUT2D eigenvalue weighted by atomic mass is 9.85. The van der Waals surface area contributed by atoms with E-state index in [4.69, 9.17) is 0 Å². The van der Waals surface area contributed by atoms with Crippen LogP contribution >= 0.6 is 0 Å². The van der Waals surface area contributed by atoms with Crippen molar-refractivity contribution >= 4 is 0 Å². The number of allylic oxidation sites excluding steroid dienone is 2.